The van der Waals surface area contributed by atoms with Crippen LogP contribution in [0.2, 0.25) is 5.02 Å². The van der Waals surface area contributed by atoms with Gasteiger partial charge in [-0.05, 0) is 45.4 Å². The lowest BCUT2D eigenvalue weighted by atomic mass is 10.0. The van der Waals surface area contributed by atoms with Crippen molar-refractivity contribution >= 4 is 34.3 Å². The first-order chi connectivity index (χ1) is 10.4. The van der Waals surface area contributed by atoms with Crippen LogP contribution >= 0.6 is 11.6 Å². The minimum absolute atomic E-state index is 0.0617. The Morgan fingerprint density at radius 1 is 1.27 bits per heavy atom. The van der Waals surface area contributed by atoms with Crippen LogP contribution < -0.4 is 0 Å². The number of ether oxygens (including phenoxy) is 1. The van der Waals surface area contributed by atoms with Gasteiger partial charge in [0.25, 0.3) is 0 Å². The Labute approximate surface area is 133 Å². The van der Waals surface area contributed by atoms with Crippen LogP contribution in [0.25, 0.3) is 11.0 Å². The molecule has 2 aromatic rings. The number of benzene rings is 1. The smallest absolute Gasteiger partial charge is 0.309 e. The largest absolute Gasteiger partial charge is 0.463 e. The highest BCUT2D eigenvalue weighted by Crippen LogP contribution is 2.43. The third kappa shape index (κ3) is 2.75. The Kier molecular flexibility index (Phi) is 3.73. The zero-order valence-electron chi connectivity index (χ0n) is 12.7. The SMILES string of the molecule is Cc1cc2cc(C(=O)[C@H]3C[C@@H]3C(=O)OC(C)C)cc(Cl)c2o1. The van der Waals surface area contributed by atoms with Crippen molar-refractivity contribution in [1.29, 1.82) is 0 Å². The standard InChI is InChI=1S/C17H17ClO4/c1-8(2)21-17(20)13-7-12(13)15(19)10-5-11-4-9(3)22-16(11)14(18)6-10/h4-6,8,12-13H,7H2,1-3H3/t12-,13-/m0/s1. The summed E-state index contributed by atoms with van der Waals surface area (Å²) >= 11 is 6.17. The highest BCUT2D eigenvalue weighted by Gasteiger charge is 2.49. The summed E-state index contributed by atoms with van der Waals surface area (Å²) in [6.45, 7) is 5.43. The highest BCUT2D eigenvalue weighted by atomic mass is 35.5. The maximum Gasteiger partial charge on any atom is 0.309 e. The number of Topliss-reactive ketones (excluding diaryl/α,β-unsaturated/α-hetero) is 1. The minimum Gasteiger partial charge on any atom is -0.463 e. The zero-order valence-corrected chi connectivity index (χ0v) is 13.4. The summed E-state index contributed by atoms with van der Waals surface area (Å²) in [5.41, 5.74) is 1.10. The molecular weight excluding hydrogens is 304 g/mol. The molecule has 5 heteroatoms. The first-order valence-electron chi connectivity index (χ1n) is 7.31. The molecule has 0 unspecified atom stereocenters. The molecule has 0 spiro atoms. The predicted molar refractivity (Wildman–Crippen MR) is 83.1 cm³/mol. The van der Waals surface area contributed by atoms with Gasteiger partial charge in [-0.15, -0.1) is 0 Å². The third-order valence-electron chi connectivity index (χ3n) is 3.76. The molecule has 3 rings (SSSR count). The Balaban J connectivity index is 1.80. The lowest BCUT2D eigenvalue weighted by molar-refractivity contribution is -0.149. The third-order valence-corrected chi connectivity index (χ3v) is 4.04. The molecular formula is C17H17ClO4. The van der Waals surface area contributed by atoms with Crippen LogP contribution in [0.15, 0.2) is 22.6 Å². The summed E-state index contributed by atoms with van der Waals surface area (Å²) in [5.74, 6) is -0.234. The zero-order chi connectivity index (χ0) is 16.0. The molecule has 0 saturated heterocycles. The van der Waals surface area contributed by atoms with Crippen molar-refractivity contribution in [3.63, 3.8) is 0 Å². The molecule has 1 aliphatic carbocycles. The van der Waals surface area contributed by atoms with Gasteiger partial charge in [-0.3, -0.25) is 9.59 Å². The Morgan fingerprint density at radius 2 is 2.00 bits per heavy atom. The van der Waals surface area contributed by atoms with Gasteiger partial charge in [0.1, 0.15) is 5.76 Å². The molecule has 1 saturated carbocycles. The van der Waals surface area contributed by atoms with Gasteiger partial charge in [-0.1, -0.05) is 11.6 Å². The van der Waals surface area contributed by atoms with Crippen molar-refractivity contribution in [2.24, 2.45) is 11.8 Å². The number of fused-ring (bicyclic) bond motifs is 1. The normalized spacial score (nSPS) is 20.4. The van der Waals surface area contributed by atoms with Gasteiger partial charge in [-0.25, -0.2) is 0 Å². The fourth-order valence-electron chi connectivity index (χ4n) is 2.66. The molecule has 1 fully saturated rings. The van der Waals surface area contributed by atoms with E-state index in [2.05, 4.69) is 0 Å². The van der Waals surface area contributed by atoms with E-state index in [1.165, 1.54) is 0 Å². The number of hydrogen-bond donors (Lipinski definition) is 0. The van der Waals surface area contributed by atoms with E-state index in [9.17, 15) is 9.59 Å². The van der Waals surface area contributed by atoms with Gasteiger partial charge >= 0.3 is 5.97 Å². The highest BCUT2D eigenvalue weighted by molar-refractivity contribution is 6.35. The molecule has 0 radical (unpaired) electrons. The van der Waals surface area contributed by atoms with Crippen molar-refractivity contribution in [2.75, 3.05) is 0 Å². The van der Waals surface area contributed by atoms with Gasteiger partial charge in [-0.2, -0.15) is 0 Å². The molecule has 1 aromatic carbocycles. The molecule has 0 aliphatic heterocycles. The van der Waals surface area contributed by atoms with Crippen molar-refractivity contribution in [1.82, 2.24) is 0 Å². The fourth-order valence-corrected chi connectivity index (χ4v) is 2.93. The number of hydrogen-bond acceptors (Lipinski definition) is 4. The van der Waals surface area contributed by atoms with E-state index in [1.54, 1.807) is 26.0 Å². The quantitative estimate of drug-likeness (QED) is 0.627. The number of carbonyl (C=O) groups is 2. The van der Waals surface area contributed by atoms with Crippen LogP contribution in [0.1, 0.15) is 36.4 Å². The molecule has 2 atom stereocenters. The van der Waals surface area contributed by atoms with Gasteiger partial charge < -0.3 is 9.15 Å². The van der Waals surface area contributed by atoms with Crippen LogP contribution in [-0.4, -0.2) is 17.9 Å². The minimum atomic E-state index is -0.324. The number of esters is 1. The van der Waals surface area contributed by atoms with Crippen molar-refractivity contribution in [3.8, 4) is 0 Å². The second kappa shape index (κ2) is 5.43. The van der Waals surface area contributed by atoms with Crippen LogP contribution in [0.4, 0.5) is 0 Å². The Hall–Kier alpha value is -1.81. The monoisotopic (exact) mass is 320 g/mol. The molecule has 0 bridgehead atoms. The van der Waals surface area contributed by atoms with E-state index in [4.69, 9.17) is 20.8 Å². The maximum absolute atomic E-state index is 12.5. The van der Waals surface area contributed by atoms with Crippen molar-refractivity contribution in [3.05, 3.63) is 34.5 Å². The number of furan rings is 1. The van der Waals surface area contributed by atoms with Gasteiger partial charge in [0, 0.05) is 16.9 Å². The average Bonchev–Trinajstić information content (AvgIpc) is 3.13. The first kappa shape index (κ1) is 15.1. The molecule has 22 heavy (non-hydrogen) atoms. The molecule has 116 valence electrons. The topological polar surface area (TPSA) is 56.5 Å². The number of carbonyl (C=O) groups excluding carboxylic acids is 2. The number of halogens is 1. The molecule has 1 heterocycles. The number of aryl methyl sites for hydroxylation is 1. The second-order valence-electron chi connectivity index (χ2n) is 6.03. The first-order valence-corrected chi connectivity index (χ1v) is 7.69. The summed E-state index contributed by atoms with van der Waals surface area (Å²) in [4.78, 5) is 24.3. The van der Waals surface area contributed by atoms with E-state index in [0.717, 1.165) is 11.1 Å². The van der Waals surface area contributed by atoms with Gasteiger partial charge in [0.2, 0.25) is 0 Å². The van der Waals surface area contributed by atoms with E-state index in [1.807, 2.05) is 13.0 Å². The molecule has 4 nitrogen and oxygen atoms in total. The van der Waals surface area contributed by atoms with E-state index < -0.39 is 0 Å². The second-order valence-corrected chi connectivity index (χ2v) is 6.44. The Morgan fingerprint density at radius 3 is 2.68 bits per heavy atom. The summed E-state index contributed by atoms with van der Waals surface area (Å²) in [5, 5.41) is 1.21. The van der Waals surface area contributed by atoms with E-state index in [0.29, 0.717) is 22.6 Å². The van der Waals surface area contributed by atoms with Gasteiger partial charge in [0.05, 0.1) is 17.0 Å². The fraction of sp³-hybridized carbons (Fsp3) is 0.412. The summed E-state index contributed by atoms with van der Waals surface area (Å²) in [6, 6.07) is 5.22. The number of rotatable bonds is 4. The van der Waals surface area contributed by atoms with Crippen LogP contribution in [0.3, 0.4) is 0 Å². The summed E-state index contributed by atoms with van der Waals surface area (Å²) in [6.07, 6.45) is 0.383. The lowest BCUT2D eigenvalue weighted by Crippen LogP contribution is -2.16. The molecule has 1 aliphatic rings. The number of ketones is 1. The molecule has 0 N–H and O–H groups in total. The van der Waals surface area contributed by atoms with Crippen LogP contribution in [-0.2, 0) is 9.53 Å². The molecule has 0 amide bonds. The predicted octanol–water partition coefficient (Wildman–Crippen LogP) is 4.17. The van der Waals surface area contributed by atoms with E-state index >= 15 is 0 Å². The van der Waals surface area contributed by atoms with Crippen LogP contribution in [0.5, 0.6) is 0 Å². The average molecular weight is 321 g/mol. The van der Waals surface area contributed by atoms with Crippen molar-refractivity contribution < 1.29 is 18.7 Å². The van der Waals surface area contributed by atoms with Crippen LogP contribution in [0, 0.1) is 18.8 Å². The Bertz CT molecular complexity index is 759. The maximum atomic E-state index is 12.5. The van der Waals surface area contributed by atoms with Crippen molar-refractivity contribution in [2.45, 2.75) is 33.3 Å². The van der Waals surface area contributed by atoms with E-state index in [-0.39, 0.29) is 29.7 Å². The molecule has 1 aromatic heterocycles. The lowest BCUT2D eigenvalue weighted by Gasteiger charge is -2.07. The summed E-state index contributed by atoms with van der Waals surface area (Å²) in [7, 11) is 0. The summed E-state index contributed by atoms with van der Waals surface area (Å²) < 4.78 is 10.7. The van der Waals surface area contributed by atoms with Gasteiger partial charge in [0.15, 0.2) is 11.4 Å².